The van der Waals surface area contributed by atoms with Crippen LogP contribution in [0.15, 0.2) is 36.4 Å². The predicted molar refractivity (Wildman–Crippen MR) is 97.0 cm³/mol. The zero-order chi connectivity index (χ0) is 17.1. The van der Waals surface area contributed by atoms with Crippen LogP contribution >= 0.6 is 22.9 Å². The number of aliphatic hydroxyl groups is 1. The average Bonchev–Trinajstić information content (AvgIpc) is 2.99. The van der Waals surface area contributed by atoms with Gasteiger partial charge >= 0.3 is 0 Å². The molecule has 0 aliphatic carbocycles. The lowest BCUT2D eigenvalue weighted by Gasteiger charge is -2.27. The van der Waals surface area contributed by atoms with Gasteiger partial charge in [-0.3, -0.25) is 4.79 Å². The molecule has 128 valence electrons. The lowest BCUT2D eigenvalue weighted by molar-refractivity contribution is -0.125. The molecule has 0 radical (unpaired) electrons. The molecular weight excluding hydrogens is 348 g/mol. The van der Waals surface area contributed by atoms with Crippen LogP contribution in [-0.2, 0) is 9.53 Å². The Morgan fingerprint density at radius 1 is 1.29 bits per heavy atom. The van der Waals surface area contributed by atoms with Gasteiger partial charge in [-0.1, -0.05) is 11.6 Å². The third-order valence-electron chi connectivity index (χ3n) is 3.87. The van der Waals surface area contributed by atoms with E-state index in [-0.39, 0.29) is 18.6 Å². The van der Waals surface area contributed by atoms with Crippen molar-refractivity contribution in [3.63, 3.8) is 0 Å². The smallest absolute Gasteiger partial charge is 0.253 e. The Hall–Kier alpha value is -1.60. The molecule has 2 aromatic rings. The van der Waals surface area contributed by atoms with Gasteiger partial charge in [0.2, 0.25) is 0 Å². The predicted octanol–water partition coefficient (Wildman–Crippen LogP) is 3.30. The van der Waals surface area contributed by atoms with Crippen LogP contribution in [0.3, 0.4) is 0 Å². The molecule has 0 saturated carbocycles. The first-order valence-corrected chi connectivity index (χ1v) is 8.92. The summed E-state index contributed by atoms with van der Waals surface area (Å²) < 4.78 is 5.84. The quantitative estimate of drug-likeness (QED) is 0.852. The van der Waals surface area contributed by atoms with Crippen LogP contribution in [0.4, 0.5) is 11.4 Å². The fourth-order valence-electron chi connectivity index (χ4n) is 2.63. The number of thiophene rings is 1. The van der Waals surface area contributed by atoms with E-state index in [2.05, 4.69) is 5.32 Å². The third-order valence-corrected chi connectivity index (χ3v) is 5.18. The standard InChI is InChI=1S/C17H19ClN2O3S/c1-11(21)17(14-6-7-15(18)24-14)19-12-2-4-13(5-3-12)20-8-9-23-10-16(20)22/h2-7,11,17,19,21H,8-10H2,1H3. The zero-order valence-electron chi connectivity index (χ0n) is 13.2. The Morgan fingerprint density at radius 3 is 2.62 bits per heavy atom. The highest BCUT2D eigenvalue weighted by Crippen LogP contribution is 2.31. The van der Waals surface area contributed by atoms with Crippen molar-refractivity contribution in [2.24, 2.45) is 0 Å². The molecule has 1 aromatic carbocycles. The minimum absolute atomic E-state index is 0.0305. The summed E-state index contributed by atoms with van der Waals surface area (Å²) in [6.07, 6.45) is -0.569. The molecule has 0 bridgehead atoms. The highest BCUT2D eigenvalue weighted by Gasteiger charge is 2.21. The van der Waals surface area contributed by atoms with Gasteiger partial charge in [0, 0.05) is 22.8 Å². The maximum atomic E-state index is 11.9. The molecule has 1 aromatic heterocycles. The van der Waals surface area contributed by atoms with Crippen molar-refractivity contribution in [3.05, 3.63) is 45.6 Å². The van der Waals surface area contributed by atoms with Crippen LogP contribution in [0.2, 0.25) is 4.34 Å². The number of benzene rings is 1. The second-order valence-electron chi connectivity index (χ2n) is 5.65. The van der Waals surface area contributed by atoms with Crippen LogP contribution in [0.25, 0.3) is 0 Å². The number of hydrogen-bond donors (Lipinski definition) is 2. The van der Waals surface area contributed by atoms with Crippen LogP contribution in [0.5, 0.6) is 0 Å². The molecule has 1 aliphatic heterocycles. The van der Waals surface area contributed by atoms with Gasteiger partial charge in [0.05, 0.1) is 23.1 Å². The molecular formula is C17H19ClN2O3S. The monoisotopic (exact) mass is 366 g/mol. The first-order chi connectivity index (χ1) is 11.5. The molecule has 0 spiro atoms. The highest BCUT2D eigenvalue weighted by atomic mass is 35.5. The molecule has 24 heavy (non-hydrogen) atoms. The number of amides is 1. The summed E-state index contributed by atoms with van der Waals surface area (Å²) in [6, 6.07) is 11.1. The molecule has 2 heterocycles. The Kier molecular flexibility index (Phi) is 5.40. The number of carbonyl (C=O) groups is 1. The second-order valence-corrected chi connectivity index (χ2v) is 7.40. The van der Waals surface area contributed by atoms with Crippen molar-refractivity contribution >= 4 is 40.2 Å². The summed E-state index contributed by atoms with van der Waals surface area (Å²) >= 11 is 7.44. The van der Waals surface area contributed by atoms with Crippen molar-refractivity contribution < 1.29 is 14.6 Å². The molecule has 1 saturated heterocycles. The van der Waals surface area contributed by atoms with E-state index in [0.717, 1.165) is 16.3 Å². The molecule has 7 heteroatoms. The van der Waals surface area contributed by atoms with Crippen molar-refractivity contribution in [2.75, 3.05) is 30.0 Å². The third kappa shape index (κ3) is 3.89. The molecule has 1 amide bonds. The van der Waals surface area contributed by atoms with Gasteiger partial charge in [0.1, 0.15) is 6.61 Å². The first kappa shape index (κ1) is 17.2. The largest absolute Gasteiger partial charge is 0.391 e. The van der Waals surface area contributed by atoms with Crippen LogP contribution in [-0.4, -0.2) is 36.9 Å². The highest BCUT2D eigenvalue weighted by molar-refractivity contribution is 7.16. The fourth-order valence-corrected chi connectivity index (χ4v) is 3.84. The van der Waals surface area contributed by atoms with Gasteiger partial charge in [-0.25, -0.2) is 0 Å². The molecule has 1 aliphatic rings. The van der Waals surface area contributed by atoms with Gasteiger partial charge in [0.25, 0.3) is 5.91 Å². The minimum Gasteiger partial charge on any atom is -0.391 e. The number of morpholine rings is 1. The summed E-state index contributed by atoms with van der Waals surface area (Å²) in [4.78, 5) is 14.6. The van der Waals surface area contributed by atoms with Gasteiger partial charge in [-0.05, 0) is 43.3 Å². The summed E-state index contributed by atoms with van der Waals surface area (Å²) in [5, 5.41) is 13.4. The first-order valence-electron chi connectivity index (χ1n) is 7.72. The lowest BCUT2D eigenvalue weighted by atomic mass is 10.1. The van der Waals surface area contributed by atoms with Gasteiger partial charge in [-0.15, -0.1) is 11.3 Å². The maximum Gasteiger partial charge on any atom is 0.253 e. The Balaban J connectivity index is 1.73. The van der Waals surface area contributed by atoms with Crippen molar-refractivity contribution in [2.45, 2.75) is 19.1 Å². The average molecular weight is 367 g/mol. The molecule has 5 nitrogen and oxygen atoms in total. The van der Waals surface area contributed by atoms with Crippen molar-refractivity contribution in [1.82, 2.24) is 0 Å². The summed E-state index contributed by atoms with van der Waals surface area (Å²) in [5.74, 6) is -0.0305. The fraction of sp³-hybridized carbons (Fsp3) is 0.353. The SMILES string of the molecule is CC(O)C(Nc1ccc(N2CCOCC2=O)cc1)c1ccc(Cl)s1. The zero-order valence-corrected chi connectivity index (χ0v) is 14.8. The lowest BCUT2D eigenvalue weighted by Crippen LogP contribution is -2.41. The molecule has 2 unspecified atom stereocenters. The van der Waals surface area contributed by atoms with E-state index in [1.807, 2.05) is 36.4 Å². The Morgan fingerprint density at radius 2 is 2.04 bits per heavy atom. The number of halogens is 1. The Labute approximate surface area is 149 Å². The molecule has 3 rings (SSSR count). The topological polar surface area (TPSA) is 61.8 Å². The van der Waals surface area contributed by atoms with Crippen molar-refractivity contribution in [3.8, 4) is 0 Å². The van der Waals surface area contributed by atoms with E-state index in [9.17, 15) is 9.90 Å². The minimum atomic E-state index is -0.569. The number of rotatable bonds is 5. The molecule has 2 N–H and O–H groups in total. The van der Waals surface area contributed by atoms with E-state index in [0.29, 0.717) is 17.5 Å². The number of aliphatic hydroxyl groups excluding tert-OH is 1. The number of nitrogens with one attached hydrogen (secondary N) is 1. The van der Waals surface area contributed by atoms with E-state index in [1.54, 1.807) is 11.8 Å². The Bertz CT molecular complexity index is 702. The van der Waals surface area contributed by atoms with Crippen LogP contribution in [0, 0.1) is 0 Å². The van der Waals surface area contributed by atoms with Crippen molar-refractivity contribution in [1.29, 1.82) is 0 Å². The van der Waals surface area contributed by atoms with Gasteiger partial charge < -0.3 is 20.1 Å². The van der Waals surface area contributed by atoms with E-state index < -0.39 is 6.10 Å². The molecule has 2 atom stereocenters. The number of carbonyl (C=O) groups excluding carboxylic acids is 1. The van der Waals surface area contributed by atoms with Gasteiger partial charge in [0.15, 0.2) is 0 Å². The van der Waals surface area contributed by atoms with Gasteiger partial charge in [-0.2, -0.15) is 0 Å². The normalized spacial score (nSPS) is 17.6. The summed E-state index contributed by atoms with van der Waals surface area (Å²) in [5.41, 5.74) is 1.72. The number of ether oxygens (including phenoxy) is 1. The van der Waals surface area contributed by atoms with E-state index in [4.69, 9.17) is 16.3 Å². The number of anilines is 2. The van der Waals surface area contributed by atoms with E-state index >= 15 is 0 Å². The summed E-state index contributed by atoms with van der Waals surface area (Å²) in [6.45, 7) is 2.99. The number of nitrogens with zero attached hydrogens (tertiary/aromatic N) is 1. The van der Waals surface area contributed by atoms with E-state index in [1.165, 1.54) is 11.3 Å². The van der Waals surface area contributed by atoms with Crippen LogP contribution in [0.1, 0.15) is 17.8 Å². The molecule has 1 fully saturated rings. The number of hydrogen-bond acceptors (Lipinski definition) is 5. The summed E-state index contributed by atoms with van der Waals surface area (Å²) in [7, 11) is 0. The second kappa shape index (κ2) is 7.53. The van der Waals surface area contributed by atoms with Crippen LogP contribution < -0.4 is 10.2 Å². The maximum absolute atomic E-state index is 11.9.